The first-order chi connectivity index (χ1) is 21.9. The monoisotopic (exact) mass is 690 g/mol. The number of rotatable bonds is 9. The van der Waals surface area contributed by atoms with Crippen LogP contribution < -0.4 is 9.46 Å². The SMILES string of the molecule is Cc1noc(C)c1S(=O)(=O)Nc1ccc2c(c1)C(=O)N([C@H](C)CO)C[C@H](C)[C@@H](CN(C)C(=O)CCC(F)(F)F)OCCCC[C@@H](C)O2. The van der Waals surface area contributed by atoms with Gasteiger partial charge in [0.1, 0.15) is 11.4 Å². The van der Waals surface area contributed by atoms with Crippen molar-refractivity contribution >= 4 is 27.5 Å². The maximum absolute atomic E-state index is 14.3. The lowest BCUT2D eigenvalue weighted by Gasteiger charge is -2.36. The highest BCUT2D eigenvalue weighted by Crippen LogP contribution is 2.30. The Bertz CT molecular complexity index is 1460. The molecule has 2 N–H and O–H groups in total. The number of nitrogens with zero attached hydrogens (tertiary/aromatic N) is 3. The second-order valence-corrected chi connectivity index (χ2v) is 13.8. The number of benzene rings is 1. The number of anilines is 1. The Kier molecular flexibility index (Phi) is 13.1. The highest BCUT2D eigenvalue weighted by Gasteiger charge is 2.33. The van der Waals surface area contributed by atoms with Crippen LogP contribution in [0.15, 0.2) is 27.6 Å². The quantitative estimate of drug-likeness (QED) is 0.382. The fraction of sp³-hybridized carbons (Fsp3) is 0.645. The van der Waals surface area contributed by atoms with Crippen LogP contribution in [0.4, 0.5) is 18.9 Å². The molecule has 1 aliphatic heterocycles. The summed E-state index contributed by atoms with van der Waals surface area (Å²) in [5.74, 6) is -1.34. The predicted octanol–water partition coefficient (Wildman–Crippen LogP) is 4.69. The Morgan fingerprint density at radius 1 is 1.23 bits per heavy atom. The number of halogens is 3. The van der Waals surface area contributed by atoms with Gasteiger partial charge in [-0.3, -0.25) is 14.3 Å². The van der Waals surface area contributed by atoms with E-state index in [0.29, 0.717) is 25.9 Å². The number of carbonyl (C=O) groups excluding carboxylic acids is 2. The van der Waals surface area contributed by atoms with Crippen molar-refractivity contribution in [3.8, 4) is 5.75 Å². The zero-order chi connectivity index (χ0) is 35.1. The number of amides is 2. The van der Waals surface area contributed by atoms with Crippen molar-refractivity contribution in [2.45, 2.75) is 96.0 Å². The summed E-state index contributed by atoms with van der Waals surface area (Å²) in [6.07, 6.45) is -5.40. The third kappa shape index (κ3) is 10.6. The molecule has 2 amide bonds. The van der Waals surface area contributed by atoms with E-state index in [1.165, 1.54) is 48.9 Å². The number of ether oxygens (including phenoxy) is 2. The van der Waals surface area contributed by atoms with Crippen LogP contribution in [-0.4, -0.2) is 98.1 Å². The molecule has 0 unspecified atom stereocenters. The zero-order valence-corrected chi connectivity index (χ0v) is 28.4. The third-order valence-corrected chi connectivity index (χ3v) is 9.67. The summed E-state index contributed by atoms with van der Waals surface area (Å²) < 4.78 is 84.5. The summed E-state index contributed by atoms with van der Waals surface area (Å²) in [7, 11) is -2.72. The minimum Gasteiger partial charge on any atom is -0.490 e. The van der Waals surface area contributed by atoms with Gasteiger partial charge in [0.15, 0.2) is 10.7 Å². The van der Waals surface area contributed by atoms with Crippen molar-refractivity contribution in [2.75, 3.05) is 38.1 Å². The van der Waals surface area contributed by atoms with Crippen molar-refractivity contribution in [2.24, 2.45) is 5.92 Å². The van der Waals surface area contributed by atoms with Crippen LogP contribution in [0.2, 0.25) is 0 Å². The topological polar surface area (TPSA) is 152 Å². The standard InChI is InChI=1S/C31H45F3N4O8S/c1-19-16-38(20(2)18-39)30(41)25-15-24(36-47(42,43)29-22(4)35-46-23(29)5)10-11-26(25)45-21(3)9-7-8-14-44-27(19)17-37(6)28(40)12-13-31(32,33)34/h10-11,15,19-21,27,36,39H,7-9,12-14,16-18H2,1-6H3/t19-,20+,21+,27+/m0/s1. The lowest BCUT2D eigenvalue weighted by molar-refractivity contribution is -0.149. The first-order valence-electron chi connectivity index (χ1n) is 15.5. The maximum atomic E-state index is 14.3. The highest BCUT2D eigenvalue weighted by molar-refractivity contribution is 7.92. The number of aromatic nitrogens is 1. The fourth-order valence-corrected chi connectivity index (χ4v) is 6.71. The summed E-state index contributed by atoms with van der Waals surface area (Å²) in [5.41, 5.74) is 0.305. The van der Waals surface area contributed by atoms with Crippen LogP contribution >= 0.6 is 0 Å². The Morgan fingerprint density at radius 3 is 2.55 bits per heavy atom. The molecule has 16 heteroatoms. The van der Waals surface area contributed by atoms with Crippen molar-refractivity contribution in [1.29, 1.82) is 0 Å². The number of aryl methyl sites for hydroxylation is 2. The Balaban J connectivity index is 1.97. The molecule has 1 aromatic heterocycles. The number of carbonyl (C=O) groups is 2. The van der Waals surface area contributed by atoms with E-state index in [-0.39, 0.29) is 52.5 Å². The van der Waals surface area contributed by atoms with E-state index in [0.717, 1.165) is 0 Å². The summed E-state index contributed by atoms with van der Waals surface area (Å²) in [5, 5.41) is 13.8. The second-order valence-electron chi connectivity index (χ2n) is 12.2. The number of nitrogens with one attached hydrogen (secondary N) is 1. The second kappa shape index (κ2) is 16.2. The fourth-order valence-electron chi connectivity index (χ4n) is 5.32. The molecule has 1 aromatic carbocycles. The van der Waals surface area contributed by atoms with Crippen molar-refractivity contribution in [3.63, 3.8) is 0 Å². The van der Waals surface area contributed by atoms with Gasteiger partial charge in [0, 0.05) is 44.8 Å². The summed E-state index contributed by atoms with van der Waals surface area (Å²) in [6.45, 7) is 8.21. The van der Waals surface area contributed by atoms with Crippen LogP contribution in [0.1, 0.15) is 74.7 Å². The average molecular weight is 691 g/mol. The number of hydrogen-bond donors (Lipinski definition) is 2. The first-order valence-corrected chi connectivity index (χ1v) is 17.0. The molecule has 47 heavy (non-hydrogen) atoms. The van der Waals surface area contributed by atoms with Crippen molar-refractivity contribution in [3.05, 3.63) is 35.2 Å². The number of fused-ring (bicyclic) bond motifs is 1. The van der Waals surface area contributed by atoms with E-state index >= 15 is 0 Å². The largest absolute Gasteiger partial charge is 0.490 e. The van der Waals surface area contributed by atoms with Crippen LogP contribution in [-0.2, 0) is 19.6 Å². The van der Waals surface area contributed by atoms with Crippen LogP contribution in [0.5, 0.6) is 5.75 Å². The number of hydrogen-bond acceptors (Lipinski definition) is 9. The molecular weight excluding hydrogens is 645 g/mol. The van der Waals surface area contributed by atoms with Gasteiger partial charge in [-0.05, 0) is 65.2 Å². The van der Waals surface area contributed by atoms with Gasteiger partial charge in [-0.1, -0.05) is 12.1 Å². The normalized spacial score (nSPS) is 20.9. The van der Waals surface area contributed by atoms with Gasteiger partial charge >= 0.3 is 6.18 Å². The molecular formula is C31H45F3N4O8S. The van der Waals surface area contributed by atoms with Crippen LogP contribution in [0.25, 0.3) is 0 Å². The molecule has 0 aliphatic carbocycles. The molecule has 0 saturated heterocycles. The Hall–Kier alpha value is -3.37. The predicted molar refractivity (Wildman–Crippen MR) is 167 cm³/mol. The Morgan fingerprint density at radius 2 is 1.94 bits per heavy atom. The smallest absolute Gasteiger partial charge is 0.389 e. The molecule has 2 heterocycles. The van der Waals surface area contributed by atoms with E-state index in [1.54, 1.807) is 13.8 Å². The van der Waals surface area contributed by atoms with E-state index in [9.17, 15) is 36.3 Å². The molecule has 0 saturated carbocycles. The van der Waals surface area contributed by atoms with Crippen LogP contribution in [0, 0.1) is 19.8 Å². The van der Waals surface area contributed by atoms with Gasteiger partial charge in [0.2, 0.25) is 5.91 Å². The summed E-state index contributed by atoms with van der Waals surface area (Å²) in [4.78, 5) is 29.3. The van der Waals surface area contributed by atoms with E-state index in [4.69, 9.17) is 14.0 Å². The van der Waals surface area contributed by atoms with Crippen molar-refractivity contribution in [1.82, 2.24) is 15.0 Å². The Labute approximate surface area is 273 Å². The van der Waals surface area contributed by atoms with E-state index < -0.39 is 65.5 Å². The number of aliphatic hydroxyl groups is 1. The van der Waals surface area contributed by atoms with Gasteiger partial charge in [-0.25, -0.2) is 8.42 Å². The van der Waals surface area contributed by atoms with Gasteiger partial charge in [-0.2, -0.15) is 13.2 Å². The molecule has 4 atom stereocenters. The molecule has 3 rings (SSSR count). The molecule has 2 aromatic rings. The number of aliphatic hydroxyl groups excluding tert-OH is 1. The summed E-state index contributed by atoms with van der Waals surface area (Å²) in [6, 6.07) is 3.67. The minimum absolute atomic E-state index is 0.00285. The lowest BCUT2D eigenvalue weighted by atomic mass is 10.0. The van der Waals surface area contributed by atoms with Gasteiger partial charge in [-0.15, -0.1) is 0 Å². The molecule has 1 aliphatic rings. The zero-order valence-electron chi connectivity index (χ0n) is 27.6. The van der Waals surface area contributed by atoms with Crippen molar-refractivity contribution < 1.29 is 50.3 Å². The molecule has 264 valence electrons. The number of likely N-dealkylation sites (N-methyl/N-ethyl adjacent to an activating group) is 1. The first kappa shape index (κ1) is 38.1. The maximum Gasteiger partial charge on any atom is 0.389 e. The molecule has 0 bridgehead atoms. The molecule has 0 spiro atoms. The molecule has 0 fully saturated rings. The number of sulfonamides is 1. The lowest BCUT2D eigenvalue weighted by Crippen LogP contribution is -2.48. The van der Waals surface area contributed by atoms with Gasteiger partial charge < -0.3 is 28.9 Å². The van der Waals surface area contributed by atoms with Gasteiger partial charge in [0.25, 0.3) is 15.9 Å². The highest BCUT2D eigenvalue weighted by atomic mass is 32.2. The van der Waals surface area contributed by atoms with Gasteiger partial charge in [0.05, 0.1) is 36.8 Å². The van der Waals surface area contributed by atoms with Crippen LogP contribution in [0.3, 0.4) is 0 Å². The van der Waals surface area contributed by atoms with E-state index in [2.05, 4.69) is 9.88 Å². The third-order valence-electron chi connectivity index (χ3n) is 8.04. The molecule has 12 nitrogen and oxygen atoms in total. The molecule has 0 radical (unpaired) electrons. The number of alkyl halides is 3. The van der Waals surface area contributed by atoms with E-state index in [1.807, 2.05) is 6.92 Å². The average Bonchev–Trinajstić information content (AvgIpc) is 3.34. The summed E-state index contributed by atoms with van der Waals surface area (Å²) >= 11 is 0. The minimum atomic E-state index is -4.46.